The van der Waals surface area contributed by atoms with E-state index in [1.807, 2.05) is 0 Å². The van der Waals surface area contributed by atoms with Gasteiger partial charge in [0.05, 0.1) is 12.7 Å². The number of hydrogen-bond acceptors (Lipinski definition) is 2. The van der Waals surface area contributed by atoms with E-state index in [4.69, 9.17) is 10.5 Å². The maximum atomic E-state index is 5.93. The third-order valence-electron chi connectivity index (χ3n) is 3.05. The van der Waals surface area contributed by atoms with E-state index in [1.54, 1.807) is 0 Å². The molecule has 2 heteroatoms. The molecule has 2 fully saturated rings. The van der Waals surface area contributed by atoms with Crippen molar-refractivity contribution in [1.82, 2.24) is 0 Å². The Bertz CT molecular complexity index is 137. The Kier molecular flexibility index (Phi) is 2.66. The van der Waals surface area contributed by atoms with Crippen LogP contribution < -0.4 is 5.73 Å². The zero-order chi connectivity index (χ0) is 8.39. The molecule has 0 saturated heterocycles. The van der Waals surface area contributed by atoms with Crippen LogP contribution in [0.25, 0.3) is 0 Å². The van der Waals surface area contributed by atoms with Crippen LogP contribution in [-0.4, -0.2) is 18.8 Å². The SMILES string of the molecule is NC(COC1CCCC1)C1CC1. The van der Waals surface area contributed by atoms with Gasteiger partial charge in [-0.25, -0.2) is 0 Å². The van der Waals surface area contributed by atoms with Crippen LogP contribution >= 0.6 is 0 Å². The molecule has 2 nitrogen and oxygen atoms in total. The molecule has 0 aliphatic heterocycles. The quantitative estimate of drug-likeness (QED) is 0.695. The molecule has 0 spiro atoms. The fraction of sp³-hybridized carbons (Fsp3) is 1.00. The van der Waals surface area contributed by atoms with Crippen LogP contribution in [0.15, 0.2) is 0 Å². The molecule has 0 aromatic carbocycles. The molecular weight excluding hydrogens is 150 g/mol. The first-order valence-corrected chi connectivity index (χ1v) is 5.23. The Hall–Kier alpha value is -0.0800. The van der Waals surface area contributed by atoms with E-state index in [1.165, 1.54) is 38.5 Å². The van der Waals surface area contributed by atoms with Gasteiger partial charge in [0.2, 0.25) is 0 Å². The number of ether oxygens (including phenoxy) is 1. The molecule has 70 valence electrons. The number of rotatable bonds is 4. The zero-order valence-electron chi connectivity index (χ0n) is 7.67. The van der Waals surface area contributed by atoms with Crippen LogP contribution in [0.3, 0.4) is 0 Å². The average Bonchev–Trinajstić information content (AvgIpc) is 2.80. The van der Waals surface area contributed by atoms with Gasteiger partial charge in [0, 0.05) is 6.04 Å². The Labute approximate surface area is 74.5 Å². The maximum absolute atomic E-state index is 5.93. The van der Waals surface area contributed by atoms with Gasteiger partial charge in [0.25, 0.3) is 0 Å². The summed E-state index contributed by atoms with van der Waals surface area (Å²) in [6.45, 7) is 0.801. The lowest BCUT2D eigenvalue weighted by atomic mass is 10.2. The van der Waals surface area contributed by atoms with E-state index in [2.05, 4.69) is 0 Å². The lowest BCUT2D eigenvalue weighted by Gasteiger charge is -2.15. The molecule has 0 radical (unpaired) electrons. The summed E-state index contributed by atoms with van der Waals surface area (Å²) in [4.78, 5) is 0. The van der Waals surface area contributed by atoms with E-state index in [0.717, 1.165) is 12.5 Å². The van der Waals surface area contributed by atoms with E-state index in [0.29, 0.717) is 12.1 Å². The standard InChI is InChI=1S/C10H19NO/c11-10(8-5-6-8)7-12-9-3-1-2-4-9/h8-10H,1-7,11H2. The van der Waals surface area contributed by atoms with Crippen molar-refractivity contribution in [2.45, 2.75) is 50.7 Å². The van der Waals surface area contributed by atoms with Crippen LogP contribution in [0.5, 0.6) is 0 Å². The normalized spacial score (nSPS) is 27.8. The van der Waals surface area contributed by atoms with Crippen molar-refractivity contribution in [2.75, 3.05) is 6.61 Å². The average molecular weight is 169 g/mol. The predicted molar refractivity (Wildman–Crippen MR) is 48.9 cm³/mol. The fourth-order valence-corrected chi connectivity index (χ4v) is 1.96. The molecule has 2 aliphatic rings. The van der Waals surface area contributed by atoms with Crippen molar-refractivity contribution in [2.24, 2.45) is 11.7 Å². The second kappa shape index (κ2) is 3.75. The first-order valence-electron chi connectivity index (χ1n) is 5.23. The molecule has 0 bridgehead atoms. The minimum atomic E-state index is 0.325. The van der Waals surface area contributed by atoms with Gasteiger partial charge in [-0.15, -0.1) is 0 Å². The van der Waals surface area contributed by atoms with Gasteiger partial charge >= 0.3 is 0 Å². The molecule has 12 heavy (non-hydrogen) atoms. The van der Waals surface area contributed by atoms with Gasteiger partial charge in [-0.2, -0.15) is 0 Å². The molecule has 2 N–H and O–H groups in total. The Morgan fingerprint density at radius 2 is 1.83 bits per heavy atom. The van der Waals surface area contributed by atoms with Crippen molar-refractivity contribution in [1.29, 1.82) is 0 Å². The van der Waals surface area contributed by atoms with Crippen LogP contribution in [0.2, 0.25) is 0 Å². The Morgan fingerprint density at radius 1 is 1.17 bits per heavy atom. The molecular formula is C10H19NO. The molecule has 1 unspecified atom stereocenters. The molecule has 2 aliphatic carbocycles. The summed E-state index contributed by atoms with van der Waals surface area (Å²) < 4.78 is 5.74. The van der Waals surface area contributed by atoms with Gasteiger partial charge in [-0.3, -0.25) is 0 Å². The summed E-state index contributed by atoms with van der Waals surface area (Å²) in [5.41, 5.74) is 5.93. The highest BCUT2D eigenvalue weighted by atomic mass is 16.5. The van der Waals surface area contributed by atoms with Crippen LogP contribution in [0, 0.1) is 5.92 Å². The highest BCUT2D eigenvalue weighted by Crippen LogP contribution is 2.32. The van der Waals surface area contributed by atoms with Gasteiger partial charge in [-0.1, -0.05) is 12.8 Å². The summed E-state index contributed by atoms with van der Waals surface area (Å²) in [5, 5.41) is 0. The van der Waals surface area contributed by atoms with Crippen molar-refractivity contribution in [3.63, 3.8) is 0 Å². The topological polar surface area (TPSA) is 35.2 Å². The summed E-state index contributed by atoms with van der Waals surface area (Å²) in [5.74, 6) is 0.784. The molecule has 1 atom stereocenters. The first kappa shape index (κ1) is 8.52. The minimum Gasteiger partial charge on any atom is -0.377 e. The first-order chi connectivity index (χ1) is 5.86. The summed E-state index contributed by atoms with van der Waals surface area (Å²) in [6.07, 6.45) is 8.42. The van der Waals surface area contributed by atoms with Crippen LogP contribution in [0.1, 0.15) is 38.5 Å². The van der Waals surface area contributed by atoms with Crippen molar-refractivity contribution in [3.8, 4) is 0 Å². The van der Waals surface area contributed by atoms with Gasteiger partial charge < -0.3 is 10.5 Å². The van der Waals surface area contributed by atoms with E-state index in [-0.39, 0.29) is 0 Å². The lowest BCUT2D eigenvalue weighted by molar-refractivity contribution is 0.0458. The van der Waals surface area contributed by atoms with Crippen LogP contribution in [0.4, 0.5) is 0 Å². The summed E-state index contributed by atoms with van der Waals surface area (Å²) in [6, 6.07) is 0.325. The van der Waals surface area contributed by atoms with Crippen molar-refractivity contribution < 1.29 is 4.74 Å². The smallest absolute Gasteiger partial charge is 0.0623 e. The van der Waals surface area contributed by atoms with E-state index < -0.39 is 0 Å². The molecule has 2 saturated carbocycles. The highest BCUT2D eigenvalue weighted by molar-refractivity contribution is 4.84. The fourth-order valence-electron chi connectivity index (χ4n) is 1.96. The molecule has 0 aromatic rings. The third-order valence-corrected chi connectivity index (χ3v) is 3.05. The Balaban J connectivity index is 1.60. The van der Waals surface area contributed by atoms with Crippen molar-refractivity contribution in [3.05, 3.63) is 0 Å². The van der Waals surface area contributed by atoms with Crippen LogP contribution in [-0.2, 0) is 4.74 Å². The summed E-state index contributed by atoms with van der Waals surface area (Å²) >= 11 is 0. The van der Waals surface area contributed by atoms with E-state index in [9.17, 15) is 0 Å². The minimum absolute atomic E-state index is 0.325. The van der Waals surface area contributed by atoms with Gasteiger partial charge in [-0.05, 0) is 31.6 Å². The highest BCUT2D eigenvalue weighted by Gasteiger charge is 2.29. The van der Waals surface area contributed by atoms with Gasteiger partial charge in [0.1, 0.15) is 0 Å². The number of nitrogens with two attached hydrogens (primary N) is 1. The Morgan fingerprint density at radius 3 is 2.42 bits per heavy atom. The van der Waals surface area contributed by atoms with E-state index >= 15 is 0 Å². The second-order valence-corrected chi connectivity index (χ2v) is 4.24. The zero-order valence-corrected chi connectivity index (χ0v) is 7.67. The lowest BCUT2D eigenvalue weighted by Crippen LogP contribution is -2.30. The maximum Gasteiger partial charge on any atom is 0.0623 e. The van der Waals surface area contributed by atoms with Gasteiger partial charge in [0.15, 0.2) is 0 Å². The molecule has 0 aromatic heterocycles. The largest absolute Gasteiger partial charge is 0.377 e. The molecule has 0 heterocycles. The second-order valence-electron chi connectivity index (χ2n) is 4.24. The molecule has 2 rings (SSSR count). The molecule has 0 amide bonds. The monoisotopic (exact) mass is 169 g/mol. The number of hydrogen-bond donors (Lipinski definition) is 1. The van der Waals surface area contributed by atoms with Crippen molar-refractivity contribution >= 4 is 0 Å². The summed E-state index contributed by atoms with van der Waals surface area (Å²) in [7, 11) is 0. The predicted octanol–water partition coefficient (Wildman–Crippen LogP) is 1.68. The third kappa shape index (κ3) is 2.20.